The fourth-order valence-electron chi connectivity index (χ4n) is 1.74. The highest BCUT2D eigenvalue weighted by Crippen LogP contribution is 2.22. The molecule has 1 rings (SSSR count). The maximum absolute atomic E-state index is 11.6. The van der Waals surface area contributed by atoms with Crippen molar-refractivity contribution < 1.29 is 29.3 Å². The minimum Gasteiger partial charge on any atom is -0.479 e. The van der Waals surface area contributed by atoms with Gasteiger partial charge >= 0.3 is 11.9 Å². The molecule has 21 heavy (non-hydrogen) atoms. The lowest BCUT2D eigenvalue weighted by atomic mass is 9.96. The zero-order chi connectivity index (χ0) is 16.0. The van der Waals surface area contributed by atoms with Crippen LogP contribution in [0.15, 0.2) is 18.2 Å². The number of Topliss-reactive ketones (excluding diaryl/α,β-unsaturated/α-hetero) is 1. The van der Waals surface area contributed by atoms with Gasteiger partial charge in [0.1, 0.15) is 0 Å². The summed E-state index contributed by atoms with van der Waals surface area (Å²) < 4.78 is 4.81. The van der Waals surface area contributed by atoms with Crippen molar-refractivity contribution in [2.45, 2.75) is 19.4 Å². The molecule has 0 aliphatic heterocycles. The Hall–Kier alpha value is -1.92. The number of aliphatic hydroxyl groups excluding tert-OH is 1. The highest BCUT2D eigenvalue weighted by Gasteiger charge is 2.22. The maximum atomic E-state index is 11.6. The van der Waals surface area contributed by atoms with Crippen LogP contribution in [0.2, 0.25) is 0 Å². The summed E-state index contributed by atoms with van der Waals surface area (Å²) in [6.07, 6.45) is -1.95. The molecule has 1 atom stereocenters. The molecule has 6 nitrogen and oxygen atoms in total. The minimum atomic E-state index is -1.84. The molecule has 0 aliphatic carbocycles. The quantitative estimate of drug-likeness (QED) is 0.581. The van der Waals surface area contributed by atoms with Gasteiger partial charge in [0.15, 0.2) is 11.9 Å². The predicted octanol–water partition coefficient (Wildman–Crippen LogP) is 1.33. The average molecular weight is 315 g/mol. The summed E-state index contributed by atoms with van der Waals surface area (Å²) in [7, 11) is 0. The van der Waals surface area contributed by atoms with Gasteiger partial charge < -0.3 is 14.9 Å². The van der Waals surface area contributed by atoms with E-state index in [2.05, 4.69) is 0 Å². The van der Waals surface area contributed by atoms with E-state index >= 15 is 0 Å². The topological polar surface area (TPSA) is 101 Å². The first kappa shape index (κ1) is 17.1. The highest BCUT2D eigenvalue weighted by atomic mass is 35.5. The van der Waals surface area contributed by atoms with Crippen LogP contribution in [-0.4, -0.2) is 40.4 Å². The third kappa shape index (κ3) is 4.54. The van der Waals surface area contributed by atoms with Gasteiger partial charge in [-0.2, -0.15) is 0 Å². The number of carbonyl (C=O) groups is 3. The average Bonchev–Trinajstić information content (AvgIpc) is 2.46. The monoisotopic (exact) mass is 314 g/mol. The van der Waals surface area contributed by atoms with Crippen molar-refractivity contribution in [1.82, 2.24) is 0 Å². The van der Waals surface area contributed by atoms with Gasteiger partial charge in [-0.3, -0.25) is 4.79 Å². The molecule has 114 valence electrons. The second-order valence-electron chi connectivity index (χ2n) is 4.22. The number of halogens is 1. The molecule has 2 N–H and O–H groups in total. The largest absolute Gasteiger partial charge is 0.479 e. The Kier molecular flexibility index (Phi) is 6.33. The van der Waals surface area contributed by atoms with Crippen molar-refractivity contribution in [2.75, 3.05) is 12.5 Å². The lowest BCUT2D eigenvalue weighted by Crippen LogP contribution is -2.16. The summed E-state index contributed by atoms with van der Waals surface area (Å²) in [5.41, 5.74) is 0.393. The number of alkyl halides is 1. The van der Waals surface area contributed by atoms with E-state index in [9.17, 15) is 19.5 Å². The number of benzene rings is 1. The number of hydrogen-bond acceptors (Lipinski definition) is 5. The Morgan fingerprint density at radius 1 is 1.33 bits per heavy atom. The Morgan fingerprint density at radius 2 is 2.00 bits per heavy atom. The third-order valence-corrected chi connectivity index (χ3v) is 3.02. The number of hydrogen-bond donors (Lipinski definition) is 2. The minimum absolute atomic E-state index is 0.0217. The smallest absolute Gasteiger partial charge is 0.338 e. The second kappa shape index (κ2) is 7.75. The molecular weight excluding hydrogens is 300 g/mol. The summed E-state index contributed by atoms with van der Waals surface area (Å²) in [6, 6.07) is 4.04. The molecule has 0 fully saturated rings. The Morgan fingerprint density at radius 3 is 2.52 bits per heavy atom. The summed E-state index contributed by atoms with van der Waals surface area (Å²) in [5, 5.41) is 18.6. The normalized spacial score (nSPS) is 11.8. The van der Waals surface area contributed by atoms with Gasteiger partial charge in [-0.25, -0.2) is 9.59 Å². The number of carbonyl (C=O) groups excluding carboxylic acids is 2. The zero-order valence-corrected chi connectivity index (χ0v) is 12.1. The van der Waals surface area contributed by atoms with Crippen LogP contribution < -0.4 is 0 Å². The molecule has 0 amide bonds. The number of aliphatic carboxylic acids is 1. The van der Waals surface area contributed by atoms with Crippen molar-refractivity contribution in [2.24, 2.45) is 0 Å². The summed E-state index contributed by atoms with van der Waals surface area (Å²) in [4.78, 5) is 34.0. The molecule has 1 aromatic carbocycles. The Balaban J connectivity index is 3.22. The fraction of sp³-hybridized carbons (Fsp3) is 0.357. The van der Waals surface area contributed by atoms with Crippen molar-refractivity contribution in [3.63, 3.8) is 0 Å². The van der Waals surface area contributed by atoms with Crippen molar-refractivity contribution in [3.8, 4) is 0 Å². The maximum Gasteiger partial charge on any atom is 0.338 e. The van der Waals surface area contributed by atoms with Gasteiger partial charge in [-0.1, -0.05) is 6.07 Å². The number of carboxylic acid groups (broad SMARTS) is 1. The molecular formula is C14H15ClO6. The molecule has 0 aliphatic rings. The Labute approximate surface area is 126 Å². The van der Waals surface area contributed by atoms with Gasteiger partial charge in [0.2, 0.25) is 0 Å². The number of carboxylic acids is 1. The molecule has 0 radical (unpaired) electrons. The van der Waals surface area contributed by atoms with Gasteiger partial charge in [-0.15, -0.1) is 11.6 Å². The molecule has 0 spiro atoms. The van der Waals surface area contributed by atoms with Crippen LogP contribution in [0.5, 0.6) is 0 Å². The van der Waals surface area contributed by atoms with Crippen LogP contribution in [-0.2, 0) is 20.7 Å². The lowest BCUT2D eigenvalue weighted by Gasteiger charge is -2.13. The van der Waals surface area contributed by atoms with Crippen LogP contribution in [0.25, 0.3) is 0 Å². The van der Waals surface area contributed by atoms with Crippen LogP contribution in [0.4, 0.5) is 0 Å². The van der Waals surface area contributed by atoms with E-state index in [0.29, 0.717) is 5.56 Å². The fourth-order valence-corrected chi connectivity index (χ4v) is 1.84. The first-order valence-corrected chi connectivity index (χ1v) is 6.72. The van der Waals surface area contributed by atoms with E-state index in [4.69, 9.17) is 21.4 Å². The second-order valence-corrected chi connectivity index (χ2v) is 4.49. The molecule has 0 saturated heterocycles. The van der Waals surface area contributed by atoms with E-state index in [0.717, 1.165) is 0 Å². The Bertz CT molecular complexity index is 554. The van der Waals surface area contributed by atoms with Crippen LogP contribution in [0.1, 0.15) is 34.5 Å². The SMILES string of the molecule is CCOC(=O)c1ccc(CC(=O)CCl)c(C(O)C(=O)O)c1. The van der Waals surface area contributed by atoms with Crippen LogP contribution in [0, 0.1) is 0 Å². The van der Waals surface area contributed by atoms with Crippen molar-refractivity contribution >= 4 is 29.3 Å². The first-order chi connectivity index (χ1) is 9.90. The van der Waals surface area contributed by atoms with E-state index in [1.165, 1.54) is 18.2 Å². The number of ketones is 1. The van der Waals surface area contributed by atoms with E-state index in [-0.39, 0.29) is 35.8 Å². The molecule has 0 aromatic heterocycles. The number of rotatable bonds is 7. The molecule has 1 aromatic rings. The molecule has 7 heteroatoms. The van der Waals surface area contributed by atoms with Crippen molar-refractivity contribution in [1.29, 1.82) is 0 Å². The predicted molar refractivity (Wildman–Crippen MR) is 74.4 cm³/mol. The van der Waals surface area contributed by atoms with Gasteiger partial charge in [0.05, 0.1) is 18.1 Å². The standard InChI is InChI=1S/C14H15ClO6/c1-2-21-14(20)9-4-3-8(5-10(16)7-15)11(6-9)12(17)13(18)19/h3-4,6,12,17H,2,5,7H2,1H3,(H,18,19). The van der Waals surface area contributed by atoms with E-state index in [1.54, 1.807) is 6.92 Å². The van der Waals surface area contributed by atoms with Gasteiger partial charge in [0, 0.05) is 6.42 Å². The van der Waals surface area contributed by atoms with E-state index < -0.39 is 18.0 Å². The van der Waals surface area contributed by atoms with Crippen LogP contribution >= 0.6 is 11.6 Å². The first-order valence-electron chi connectivity index (χ1n) is 6.19. The highest BCUT2D eigenvalue weighted by molar-refractivity contribution is 6.27. The number of esters is 1. The summed E-state index contributed by atoms with van der Waals surface area (Å²) in [6.45, 7) is 1.81. The molecule has 0 bridgehead atoms. The van der Waals surface area contributed by atoms with Crippen molar-refractivity contribution in [3.05, 3.63) is 34.9 Å². The van der Waals surface area contributed by atoms with E-state index in [1.807, 2.05) is 0 Å². The zero-order valence-electron chi connectivity index (χ0n) is 11.3. The van der Waals surface area contributed by atoms with Gasteiger partial charge in [0.25, 0.3) is 0 Å². The lowest BCUT2D eigenvalue weighted by molar-refractivity contribution is -0.147. The van der Waals surface area contributed by atoms with Gasteiger partial charge in [-0.05, 0) is 30.2 Å². The summed E-state index contributed by atoms with van der Waals surface area (Å²) in [5.74, 6) is -2.65. The summed E-state index contributed by atoms with van der Waals surface area (Å²) >= 11 is 5.42. The number of ether oxygens (including phenoxy) is 1. The van der Waals surface area contributed by atoms with Crippen LogP contribution in [0.3, 0.4) is 0 Å². The molecule has 0 heterocycles. The third-order valence-electron chi connectivity index (χ3n) is 2.72. The molecule has 1 unspecified atom stereocenters. The molecule has 0 saturated carbocycles. The number of aliphatic hydroxyl groups is 1.